The maximum Gasteiger partial charge on any atom is 0.221 e. The molecule has 90 valence electrons. The third-order valence-electron chi connectivity index (χ3n) is 2.20. The highest BCUT2D eigenvalue weighted by Gasteiger charge is 2.06. The largest absolute Gasteiger partial charge is 0.350 e. The Labute approximate surface area is 100 Å². The minimum atomic E-state index is 0.0654. The second-order valence-electron chi connectivity index (χ2n) is 3.95. The first-order chi connectivity index (χ1) is 7.63. The van der Waals surface area contributed by atoms with Gasteiger partial charge < -0.3 is 10.6 Å². The van der Waals surface area contributed by atoms with E-state index in [1.807, 2.05) is 7.05 Å². The molecule has 0 fully saturated rings. The lowest BCUT2D eigenvalue weighted by molar-refractivity contribution is -0.121. The molecule has 1 aromatic heterocycles. The summed E-state index contributed by atoms with van der Waals surface area (Å²) in [6.07, 6.45) is 0.513. The van der Waals surface area contributed by atoms with Crippen LogP contribution in [0.4, 0.5) is 0 Å². The highest BCUT2D eigenvalue weighted by Crippen LogP contribution is 2.17. The third-order valence-corrected chi connectivity index (χ3v) is 3.07. The Morgan fingerprint density at radius 2 is 2.31 bits per heavy atom. The lowest BCUT2D eigenvalue weighted by Gasteiger charge is -2.02. The maximum atomic E-state index is 11.3. The first-order valence-electron chi connectivity index (χ1n) is 5.49. The van der Waals surface area contributed by atoms with Crippen molar-refractivity contribution in [1.82, 2.24) is 15.6 Å². The summed E-state index contributed by atoms with van der Waals surface area (Å²) >= 11 is 1.60. The zero-order chi connectivity index (χ0) is 12.0. The van der Waals surface area contributed by atoms with Gasteiger partial charge in [0.2, 0.25) is 5.91 Å². The molecular weight excluding hydrogens is 222 g/mol. The molecule has 0 aliphatic carbocycles. The quantitative estimate of drug-likeness (QED) is 0.793. The summed E-state index contributed by atoms with van der Waals surface area (Å²) in [5, 5.41) is 8.83. The van der Waals surface area contributed by atoms with Gasteiger partial charge in [-0.15, -0.1) is 11.3 Å². The molecule has 1 amide bonds. The SMILES string of the molecule is CNCCC(=O)NCc1nc(C(C)C)cs1. The number of rotatable bonds is 6. The Morgan fingerprint density at radius 1 is 1.56 bits per heavy atom. The van der Waals surface area contributed by atoms with Crippen molar-refractivity contribution in [2.75, 3.05) is 13.6 Å². The van der Waals surface area contributed by atoms with Gasteiger partial charge in [0.1, 0.15) is 5.01 Å². The zero-order valence-corrected chi connectivity index (χ0v) is 10.9. The van der Waals surface area contributed by atoms with Crippen molar-refractivity contribution in [1.29, 1.82) is 0 Å². The van der Waals surface area contributed by atoms with Crippen molar-refractivity contribution >= 4 is 17.2 Å². The second kappa shape index (κ2) is 6.60. The van der Waals surface area contributed by atoms with Crippen LogP contribution < -0.4 is 10.6 Å². The van der Waals surface area contributed by atoms with E-state index in [1.54, 1.807) is 11.3 Å². The molecule has 0 radical (unpaired) electrons. The third kappa shape index (κ3) is 4.28. The molecule has 0 aromatic carbocycles. The molecule has 1 heterocycles. The number of hydrogen-bond acceptors (Lipinski definition) is 4. The number of carbonyl (C=O) groups excluding carboxylic acids is 1. The van der Waals surface area contributed by atoms with Crippen LogP contribution in [0.1, 0.15) is 36.9 Å². The van der Waals surface area contributed by atoms with Crippen LogP contribution in [0.2, 0.25) is 0 Å². The Kier molecular flexibility index (Phi) is 5.42. The first kappa shape index (κ1) is 13.1. The van der Waals surface area contributed by atoms with Gasteiger partial charge >= 0.3 is 0 Å². The monoisotopic (exact) mass is 241 g/mol. The van der Waals surface area contributed by atoms with Crippen molar-refractivity contribution < 1.29 is 4.79 Å². The van der Waals surface area contributed by atoms with E-state index in [0.29, 0.717) is 25.4 Å². The number of carbonyl (C=O) groups is 1. The van der Waals surface area contributed by atoms with E-state index in [9.17, 15) is 4.79 Å². The second-order valence-corrected chi connectivity index (χ2v) is 4.89. The van der Waals surface area contributed by atoms with E-state index in [0.717, 1.165) is 10.7 Å². The van der Waals surface area contributed by atoms with Crippen LogP contribution in [-0.4, -0.2) is 24.5 Å². The summed E-state index contributed by atoms with van der Waals surface area (Å²) in [6, 6.07) is 0. The van der Waals surface area contributed by atoms with Gasteiger partial charge in [0.15, 0.2) is 0 Å². The van der Waals surface area contributed by atoms with Crippen molar-refractivity contribution in [3.05, 3.63) is 16.1 Å². The van der Waals surface area contributed by atoms with Crippen LogP contribution >= 0.6 is 11.3 Å². The molecule has 5 heteroatoms. The summed E-state index contributed by atoms with van der Waals surface area (Å²) in [7, 11) is 1.84. The summed E-state index contributed by atoms with van der Waals surface area (Å²) in [5.74, 6) is 0.514. The van der Waals surface area contributed by atoms with Crippen molar-refractivity contribution in [3.63, 3.8) is 0 Å². The van der Waals surface area contributed by atoms with Crippen LogP contribution in [0.3, 0.4) is 0 Å². The predicted molar refractivity (Wildman–Crippen MR) is 66.6 cm³/mol. The molecule has 1 aromatic rings. The fourth-order valence-electron chi connectivity index (χ4n) is 1.17. The molecule has 4 nitrogen and oxygen atoms in total. The molecule has 0 unspecified atom stereocenters. The summed E-state index contributed by atoms with van der Waals surface area (Å²) in [5.41, 5.74) is 1.10. The molecule has 0 aliphatic heterocycles. The Balaban J connectivity index is 2.33. The number of hydrogen-bond donors (Lipinski definition) is 2. The van der Waals surface area contributed by atoms with Gasteiger partial charge in [-0.3, -0.25) is 4.79 Å². The summed E-state index contributed by atoms with van der Waals surface area (Å²) < 4.78 is 0. The maximum absolute atomic E-state index is 11.3. The van der Waals surface area contributed by atoms with Crippen LogP contribution in [0, 0.1) is 0 Å². The average Bonchev–Trinajstić information content (AvgIpc) is 2.72. The van der Waals surface area contributed by atoms with Crippen molar-refractivity contribution in [3.8, 4) is 0 Å². The number of nitrogens with zero attached hydrogens (tertiary/aromatic N) is 1. The molecular formula is C11H19N3OS. The Bertz CT molecular complexity index is 336. The van der Waals surface area contributed by atoms with Crippen LogP contribution in [0.5, 0.6) is 0 Å². The highest BCUT2D eigenvalue weighted by atomic mass is 32.1. The van der Waals surface area contributed by atoms with Gasteiger partial charge in [0.25, 0.3) is 0 Å². The van der Waals surface area contributed by atoms with E-state index in [2.05, 4.69) is 34.8 Å². The smallest absolute Gasteiger partial charge is 0.221 e. The molecule has 16 heavy (non-hydrogen) atoms. The Hall–Kier alpha value is -0.940. The first-order valence-corrected chi connectivity index (χ1v) is 6.37. The number of aromatic nitrogens is 1. The lowest BCUT2D eigenvalue weighted by Crippen LogP contribution is -2.26. The van der Waals surface area contributed by atoms with Gasteiger partial charge in [0, 0.05) is 18.3 Å². The van der Waals surface area contributed by atoms with Gasteiger partial charge in [0.05, 0.1) is 12.2 Å². The minimum absolute atomic E-state index is 0.0654. The van der Waals surface area contributed by atoms with Crippen LogP contribution in [0.25, 0.3) is 0 Å². The molecule has 0 saturated carbocycles. The van der Waals surface area contributed by atoms with E-state index < -0.39 is 0 Å². The molecule has 0 saturated heterocycles. The highest BCUT2D eigenvalue weighted by molar-refractivity contribution is 7.09. The van der Waals surface area contributed by atoms with E-state index >= 15 is 0 Å². The molecule has 2 N–H and O–H groups in total. The lowest BCUT2D eigenvalue weighted by atomic mass is 10.2. The van der Waals surface area contributed by atoms with Crippen LogP contribution in [0.15, 0.2) is 5.38 Å². The van der Waals surface area contributed by atoms with Gasteiger partial charge in [-0.2, -0.15) is 0 Å². The molecule has 0 bridgehead atoms. The number of amides is 1. The van der Waals surface area contributed by atoms with E-state index in [1.165, 1.54) is 0 Å². The summed E-state index contributed by atoms with van der Waals surface area (Å²) in [6.45, 7) is 5.48. The van der Waals surface area contributed by atoms with E-state index in [4.69, 9.17) is 0 Å². The molecule has 0 spiro atoms. The standard InChI is InChI=1S/C11H19N3OS/c1-8(2)9-7-16-11(14-9)6-13-10(15)4-5-12-3/h7-8,12H,4-6H2,1-3H3,(H,13,15). The summed E-state index contributed by atoms with van der Waals surface area (Å²) in [4.78, 5) is 15.8. The van der Waals surface area contributed by atoms with Gasteiger partial charge in [-0.05, 0) is 13.0 Å². The topological polar surface area (TPSA) is 54.0 Å². The molecule has 0 atom stereocenters. The predicted octanol–water partition coefficient (Wildman–Crippen LogP) is 1.49. The van der Waals surface area contributed by atoms with Crippen molar-refractivity contribution in [2.45, 2.75) is 32.7 Å². The molecule has 1 rings (SSSR count). The zero-order valence-electron chi connectivity index (χ0n) is 10.0. The molecule has 0 aliphatic rings. The number of thiazole rings is 1. The normalized spacial score (nSPS) is 10.8. The van der Waals surface area contributed by atoms with E-state index in [-0.39, 0.29) is 5.91 Å². The van der Waals surface area contributed by atoms with Crippen molar-refractivity contribution in [2.24, 2.45) is 0 Å². The minimum Gasteiger partial charge on any atom is -0.350 e. The van der Waals surface area contributed by atoms with Gasteiger partial charge in [-0.25, -0.2) is 4.98 Å². The Morgan fingerprint density at radius 3 is 2.88 bits per heavy atom. The fourth-order valence-corrected chi connectivity index (χ4v) is 2.07. The van der Waals surface area contributed by atoms with Crippen LogP contribution in [-0.2, 0) is 11.3 Å². The average molecular weight is 241 g/mol. The fraction of sp³-hybridized carbons (Fsp3) is 0.636. The number of nitrogens with one attached hydrogen (secondary N) is 2. The van der Waals surface area contributed by atoms with Gasteiger partial charge in [-0.1, -0.05) is 13.8 Å².